The molecule has 32 heavy (non-hydrogen) atoms. The van der Waals surface area contributed by atoms with E-state index < -0.39 is 5.54 Å². The molecule has 1 fully saturated rings. The highest BCUT2D eigenvalue weighted by atomic mass is 35.5. The molecule has 0 saturated heterocycles. The zero-order chi connectivity index (χ0) is 22.5. The van der Waals surface area contributed by atoms with Crippen LogP contribution in [0.15, 0.2) is 47.1 Å². The molecule has 7 heteroatoms. The molecule has 1 saturated carbocycles. The highest BCUT2D eigenvalue weighted by molar-refractivity contribution is 6.30. The average Bonchev–Trinajstić information content (AvgIpc) is 3.36. The molecule has 5 rings (SSSR count). The number of carbonyl (C=O) groups is 2. The second-order valence-corrected chi connectivity index (χ2v) is 9.94. The Kier molecular flexibility index (Phi) is 5.28. The lowest BCUT2D eigenvalue weighted by Gasteiger charge is -2.45. The summed E-state index contributed by atoms with van der Waals surface area (Å²) < 4.78 is 7.46. The molecule has 3 aromatic rings. The van der Waals surface area contributed by atoms with Crippen LogP contribution in [0.3, 0.4) is 0 Å². The van der Waals surface area contributed by atoms with E-state index in [9.17, 15) is 9.59 Å². The van der Waals surface area contributed by atoms with Crippen molar-refractivity contribution in [3.63, 3.8) is 0 Å². The Hall–Kier alpha value is -2.73. The number of rotatable bonds is 4. The Bertz CT molecular complexity index is 1160. The van der Waals surface area contributed by atoms with Crippen molar-refractivity contribution in [2.24, 2.45) is 5.92 Å². The first-order valence-corrected chi connectivity index (χ1v) is 11.7. The quantitative estimate of drug-likeness (QED) is 0.604. The summed E-state index contributed by atoms with van der Waals surface area (Å²) in [6.07, 6.45) is 5.81. The lowest BCUT2D eigenvalue weighted by atomic mass is 9.86. The average molecular weight is 454 g/mol. The molecule has 2 amide bonds. The predicted octanol–water partition coefficient (Wildman–Crippen LogP) is 5.00. The van der Waals surface area contributed by atoms with Gasteiger partial charge in [0.05, 0.1) is 18.3 Å². The Morgan fingerprint density at radius 1 is 1.19 bits per heavy atom. The van der Waals surface area contributed by atoms with Crippen molar-refractivity contribution >= 4 is 34.5 Å². The van der Waals surface area contributed by atoms with Gasteiger partial charge in [0.1, 0.15) is 11.2 Å². The van der Waals surface area contributed by atoms with Crippen molar-refractivity contribution in [1.82, 2.24) is 14.8 Å². The van der Waals surface area contributed by atoms with Crippen LogP contribution in [0.25, 0.3) is 11.1 Å². The fourth-order valence-corrected chi connectivity index (χ4v) is 5.16. The topological polar surface area (TPSA) is 67.5 Å². The van der Waals surface area contributed by atoms with Crippen molar-refractivity contribution in [3.8, 4) is 0 Å². The Morgan fingerprint density at radius 3 is 2.62 bits per heavy atom. The van der Waals surface area contributed by atoms with Gasteiger partial charge >= 0.3 is 0 Å². The van der Waals surface area contributed by atoms with E-state index in [0.717, 1.165) is 36.8 Å². The van der Waals surface area contributed by atoms with Gasteiger partial charge < -0.3 is 19.2 Å². The normalized spacial score (nSPS) is 25.7. The number of nitrogens with zero attached hydrogens (tertiary/aromatic N) is 2. The molecular formula is C25H28ClN3O3. The van der Waals surface area contributed by atoms with Crippen LogP contribution in [0.1, 0.15) is 55.6 Å². The monoisotopic (exact) mass is 453 g/mol. The summed E-state index contributed by atoms with van der Waals surface area (Å²) in [6, 6.07) is 11.2. The highest BCUT2D eigenvalue weighted by Crippen LogP contribution is 2.34. The van der Waals surface area contributed by atoms with Gasteiger partial charge in [-0.25, -0.2) is 0 Å². The van der Waals surface area contributed by atoms with Gasteiger partial charge in [-0.15, -0.1) is 0 Å². The first-order valence-electron chi connectivity index (χ1n) is 11.3. The number of furan rings is 1. The van der Waals surface area contributed by atoms with Crippen LogP contribution >= 0.6 is 11.6 Å². The largest absolute Gasteiger partial charge is 0.463 e. The van der Waals surface area contributed by atoms with Crippen molar-refractivity contribution in [1.29, 1.82) is 0 Å². The first kappa shape index (κ1) is 21.1. The van der Waals surface area contributed by atoms with Crippen molar-refractivity contribution < 1.29 is 14.0 Å². The van der Waals surface area contributed by atoms with E-state index in [-0.39, 0.29) is 17.9 Å². The minimum Gasteiger partial charge on any atom is -0.463 e. The van der Waals surface area contributed by atoms with E-state index in [1.54, 1.807) is 17.2 Å². The third-order valence-electron chi connectivity index (χ3n) is 7.14. The summed E-state index contributed by atoms with van der Waals surface area (Å²) in [5.74, 6) is 0.427. The number of hydrogen-bond acceptors (Lipinski definition) is 3. The molecule has 1 aliphatic heterocycles. The van der Waals surface area contributed by atoms with Crippen molar-refractivity contribution in [3.05, 3.63) is 58.9 Å². The summed E-state index contributed by atoms with van der Waals surface area (Å²) in [5.41, 5.74) is 1.94. The molecular weight excluding hydrogens is 426 g/mol. The Labute approximate surface area is 192 Å². The second-order valence-electron chi connectivity index (χ2n) is 9.51. The summed E-state index contributed by atoms with van der Waals surface area (Å²) in [4.78, 5) is 29.1. The summed E-state index contributed by atoms with van der Waals surface area (Å²) >= 11 is 6.05. The highest BCUT2D eigenvalue weighted by Gasteiger charge is 2.48. The number of aromatic nitrogens is 1. The number of nitrogens with one attached hydrogen (secondary N) is 1. The van der Waals surface area contributed by atoms with Crippen molar-refractivity contribution in [2.75, 3.05) is 0 Å². The van der Waals surface area contributed by atoms with Gasteiger partial charge in [-0.1, -0.05) is 30.7 Å². The van der Waals surface area contributed by atoms with Gasteiger partial charge in [-0.3, -0.25) is 9.59 Å². The van der Waals surface area contributed by atoms with Gasteiger partial charge in [-0.05, 0) is 56.2 Å². The van der Waals surface area contributed by atoms with Crippen LogP contribution in [-0.2, 0) is 17.9 Å². The number of amides is 2. The number of hydrogen-bond donors (Lipinski definition) is 1. The molecule has 168 valence electrons. The third kappa shape index (κ3) is 3.60. The fourth-order valence-electron chi connectivity index (χ4n) is 5.04. The van der Waals surface area contributed by atoms with Gasteiger partial charge in [0.25, 0.3) is 5.91 Å². The van der Waals surface area contributed by atoms with Crippen LogP contribution in [0, 0.1) is 5.92 Å². The van der Waals surface area contributed by atoms with Gasteiger partial charge in [0.15, 0.2) is 5.58 Å². The SMILES string of the molecule is CC1CCC(NC(=O)[C@@]2(C)Cn3c(cc4occc43)C(=O)N2Cc2ccc(Cl)cc2)CC1. The van der Waals surface area contributed by atoms with Crippen LogP contribution in [0.5, 0.6) is 0 Å². The van der Waals surface area contributed by atoms with Gasteiger partial charge in [0, 0.05) is 29.7 Å². The smallest absolute Gasteiger partial charge is 0.271 e. The van der Waals surface area contributed by atoms with Crippen LogP contribution in [0.2, 0.25) is 5.02 Å². The third-order valence-corrected chi connectivity index (χ3v) is 7.39. The van der Waals surface area contributed by atoms with Gasteiger partial charge in [0.2, 0.25) is 5.91 Å². The molecule has 1 N–H and O–H groups in total. The Balaban J connectivity index is 1.50. The summed E-state index contributed by atoms with van der Waals surface area (Å²) in [7, 11) is 0. The lowest BCUT2D eigenvalue weighted by Crippen LogP contribution is -2.64. The maximum atomic E-state index is 13.7. The van der Waals surface area contributed by atoms with Crippen LogP contribution in [0.4, 0.5) is 0 Å². The Morgan fingerprint density at radius 2 is 1.91 bits per heavy atom. The maximum absolute atomic E-state index is 13.7. The number of fused-ring (bicyclic) bond motifs is 3. The van der Waals surface area contributed by atoms with E-state index in [1.807, 2.05) is 41.8 Å². The predicted molar refractivity (Wildman–Crippen MR) is 123 cm³/mol. The minimum atomic E-state index is -1.03. The molecule has 1 atom stereocenters. The van der Waals surface area contributed by atoms with Gasteiger partial charge in [-0.2, -0.15) is 0 Å². The summed E-state index contributed by atoms with van der Waals surface area (Å²) in [5, 5.41) is 3.91. The number of halogens is 1. The molecule has 0 bridgehead atoms. The minimum absolute atomic E-state index is 0.102. The number of benzene rings is 1. The fraction of sp³-hybridized carbons (Fsp3) is 0.440. The molecule has 3 heterocycles. The molecule has 2 aromatic heterocycles. The molecule has 6 nitrogen and oxygen atoms in total. The first-order chi connectivity index (χ1) is 15.3. The van der Waals surface area contributed by atoms with Crippen molar-refractivity contribution in [2.45, 2.75) is 64.2 Å². The zero-order valence-corrected chi connectivity index (χ0v) is 19.2. The number of carbonyl (C=O) groups excluding carboxylic acids is 2. The standard InChI is InChI=1S/C25H28ClN3O3/c1-16-3-9-19(10-4-16)27-24(31)25(2)15-28-20-11-12-32-22(20)13-21(28)23(30)29(25)14-17-5-7-18(26)8-6-17/h5-8,11-13,16,19H,3-4,9-10,14-15H2,1-2H3,(H,27,31)/t16?,19?,25-/m1/s1. The second kappa shape index (κ2) is 8.00. The molecule has 1 aliphatic carbocycles. The van der Waals surface area contributed by atoms with E-state index >= 15 is 0 Å². The van der Waals surface area contributed by atoms with Crippen LogP contribution in [-0.4, -0.2) is 32.9 Å². The lowest BCUT2D eigenvalue weighted by molar-refractivity contribution is -0.134. The molecule has 1 aromatic carbocycles. The summed E-state index contributed by atoms with van der Waals surface area (Å²) in [6.45, 7) is 4.83. The van der Waals surface area contributed by atoms with Crippen LogP contribution < -0.4 is 5.32 Å². The molecule has 0 spiro atoms. The maximum Gasteiger partial charge on any atom is 0.271 e. The van der Waals surface area contributed by atoms with E-state index in [2.05, 4.69) is 12.2 Å². The zero-order valence-electron chi connectivity index (χ0n) is 18.4. The van der Waals surface area contributed by atoms with E-state index in [4.69, 9.17) is 16.0 Å². The van der Waals surface area contributed by atoms with E-state index in [0.29, 0.717) is 35.3 Å². The van der Waals surface area contributed by atoms with E-state index in [1.165, 1.54) is 0 Å². The molecule has 0 unspecified atom stereocenters. The molecule has 0 radical (unpaired) electrons. The molecule has 2 aliphatic rings.